The van der Waals surface area contributed by atoms with Gasteiger partial charge in [0.05, 0.1) is 42.1 Å². The van der Waals surface area contributed by atoms with Crippen molar-refractivity contribution in [1.82, 2.24) is 40.1 Å². The molecule has 1 fully saturated rings. The van der Waals surface area contributed by atoms with Gasteiger partial charge in [-0.3, -0.25) is 0 Å². The van der Waals surface area contributed by atoms with E-state index in [1.54, 1.807) is 27.8 Å². The van der Waals surface area contributed by atoms with Gasteiger partial charge in [0.25, 0.3) is 6.43 Å². The Bertz CT molecular complexity index is 1410. The number of nitrogens with zero attached hydrogens (tertiary/aromatic N) is 8. The Kier molecular flexibility index (Phi) is 7.05. The van der Waals surface area contributed by atoms with E-state index in [4.69, 9.17) is 5.26 Å². The summed E-state index contributed by atoms with van der Waals surface area (Å²) in [6.45, 7) is 3.84. The second-order valence-electron chi connectivity index (χ2n) is 9.60. The fourth-order valence-electron chi connectivity index (χ4n) is 4.74. The number of halogens is 2. The van der Waals surface area contributed by atoms with Crippen molar-refractivity contribution in [1.29, 1.82) is 5.26 Å². The first-order valence-electron chi connectivity index (χ1n) is 12.4. The summed E-state index contributed by atoms with van der Waals surface area (Å²) in [5.74, 6) is 0.820. The van der Waals surface area contributed by atoms with Crippen LogP contribution in [0.4, 0.5) is 14.5 Å². The molecule has 0 saturated heterocycles. The minimum atomic E-state index is -2.33. The molecule has 1 aliphatic carbocycles. The predicted molar refractivity (Wildman–Crippen MR) is 134 cm³/mol. The maximum Gasteiger partial charge on any atom is 0.250 e. The summed E-state index contributed by atoms with van der Waals surface area (Å²) in [6, 6.07) is 6.00. The number of aromatic nitrogens is 7. The summed E-state index contributed by atoms with van der Waals surface area (Å²) < 4.78 is 28.4. The summed E-state index contributed by atoms with van der Waals surface area (Å²) in [4.78, 5) is 9.01. The fourth-order valence-corrected chi connectivity index (χ4v) is 4.74. The van der Waals surface area contributed by atoms with Gasteiger partial charge in [-0.1, -0.05) is 5.21 Å². The van der Waals surface area contributed by atoms with Crippen LogP contribution in [-0.4, -0.2) is 59.8 Å². The lowest BCUT2D eigenvalue weighted by molar-refractivity contribution is 0.137. The minimum Gasteiger partial charge on any atom is -0.381 e. The van der Waals surface area contributed by atoms with Gasteiger partial charge in [0.15, 0.2) is 11.5 Å². The van der Waals surface area contributed by atoms with Crippen molar-refractivity contribution in [3.8, 4) is 17.6 Å². The molecule has 4 aromatic rings. The highest BCUT2D eigenvalue weighted by molar-refractivity contribution is 5.77. The van der Waals surface area contributed by atoms with Crippen molar-refractivity contribution < 1.29 is 8.78 Å². The maximum absolute atomic E-state index is 12.5. The van der Waals surface area contributed by atoms with Crippen molar-refractivity contribution in [2.45, 2.75) is 64.0 Å². The number of pyridine rings is 2. The van der Waals surface area contributed by atoms with E-state index in [9.17, 15) is 8.78 Å². The highest BCUT2D eigenvalue weighted by Gasteiger charge is 2.25. The van der Waals surface area contributed by atoms with E-state index in [1.807, 2.05) is 26.1 Å². The molecule has 1 saturated carbocycles. The second-order valence-corrected chi connectivity index (χ2v) is 9.60. The Morgan fingerprint density at radius 3 is 2.65 bits per heavy atom. The Labute approximate surface area is 212 Å². The zero-order chi connectivity index (χ0) is 25.9. The van der Waals surface area contributed by atoms with Gasteiger partial charge in [0, 0.05) is 35.7 Å². The van der Waals surface area contributed by atoms with Crippen LogP contribution in [0.15, 0.2) is 36.9 Å². The van der Waals surface area contributed by atoms with Crippen LogP contribution in [0, 0.1) is 11.3 Å². The molecular formula is C25H28F2N10. The molecule has 4 heterocycles. The molecule has 0 amide bonds. The molecule has 10 nitrogen and oxygen atoms in total. The Morgan fingerprint density at radius 2 is 1.92 bits per heavy atom. The highest BCUT2D eigenvalue weighted by atomic mass is 19.3. The Hall–Kier alpha value is -3.98. The van der Waals surface area contributed by atoms with Crippen molar-refractivity contribution in [2.75, 3.05) is 11.9 Å². The third-order valence-electron chi connectivity index (χ3n) is 6.53. The molecule has 192 valence electrons. The van der Waals surface area contributed by atoms with Gasteiger partial charge >= 0.3 is 0 Å². The van der Waals surface area contributed by atoms with Crippen LogP contribution in [0.2, 0.25) is 0 Å². The number of hydrogen-bond donors (Lipinski definition) is 2. The molecule has 0 radical (unpaired) electrons. The van der Waals surface area contributed by atoms with E-state index in [0.717, 1.165) is 48.1 Å². The van der Waals surface area contributed by atoms with E-state index in [-0.39, 0.29) is 24.5 Å². The molecule has 0 bridgehead atoms. The molecular weight excluding hydrogens is 478 g/mol. The summed E-state index contributed by atoms with van der Waals surface area (Å²) in [7, 11) is 0. The Morgan fingerprint density at radius 1 is 1.11 bits per heavy atom. The van der Waals surface area contributed by atoms with Gasteiger partial charge in [0.2, 0.25) is 0 Å². The van der Waals surface area contributed by atoms with E-state index < -0.39 is 6.43 Å². The molecule has 5 rings (SSSR count). The van der Waals surface area contributed by atoms with Crippen molar-refractivity contribution in [3.05, 3.63) is 48.2 Å². The maximum atomic E-state index is 12.5. The number of fused-ring (bicyclic) bond motifs is 1. The van der Waals surface area contributed by atoms with Crippen LogP contribution in [-0.2, 0) is 0 Å². The van der Waals surface area contributed by atoms with Crippen LogP contribution in [0.3, 0.4) is 0 Å². The predicted octanol–water partition coefficient (Wildman–Crippen LogP) is 3.97. The van der Waals surface area contributed by atoms with Gasteiger partial charge < -0.3 is 10.6 Å². The average molecular weight is 507 g/mol. The summed E-state index contributed by atoms with van der Waals surface area (Å²) >= 11 is 0. The Balaban J connectivity index is 1.38. The largest absolute Gasteiger partial charge is 0.381 e. The van der Waals surface area contributed by atoms with Crippen molar-refractivity contribution in [3.63, 3.8) is 0 Å². The van der Waals surface area contributed by atoms with E-state index in [0.29, 0.717) is 17.0 Å². The SMILES string of the molecule is CC(C)Nc1cc(-n2ncc3cc(C#N)cnc32)ncc1-n1cc(C2CCC(NCC(F)F)CC2)nn1. The van der Waals surface area contributed by atoms with Gasteiger partial charge in [-0.25, -0.2) is 23.4 Å². The monoisotopic (exact) mass is 506 g/mol. The average Bonchev–Trinajstić information content (AvgIpc) is 3.54. The van der Waals surface area contributed by atoms with Gasteiger partial charge in [-0.05, 0) is 45.6 Å². The fraction of sp³-hybridized carbons (Fsp3) is 0.440. The number of alkyl halides is 2. The molecule has 0 spiro atoms. The van der Waals surface area contributed by atoms with Crippen LogP contribution < -0.4 is 10.6 Å². The molecule has 0 aromatic carbocycles. The number of nitriles is 1. The number of anilines is 1. The van der Waals surface area contributed by atoms with E-state index >= 15 is 0 Å². The smallest absolute Gasteiger partial charge is 0.250 e. The van der Waals surface area contributed by atoms with E-state index in [2.05, 4.69) is 42.1 Å². The third kappa shape index (κ3) is 5.41. The highest BCUT2D eigenvalue weighted by Crippen LogP contribution is 2.33. The van der Waals surface area contributed by atoms with Crippen LogP contribution in [0.1, 0.15) is 56.7 Å². The van der Waals surface area contributed by atoms with Gasteiger partial charge in [0.1, 0.15) is 11.8 Å². The zero-order valence-electron chi connectivity index (χ0n) is 20.6. The summed E-state index contributed by atoms with van der Waals surface area (Å²) in [6.07, 6.45) is 7.92. The van der Waals surface area contributed by atoms with E-state index in [1.165, 1.54) is 6.20 Å². The standard InChI is InChI=1S/C25H28F2N10/c1-15(2)33-20-8-24(37-25-18(11-32-37)7-16(9-28)10-31-25)30-12-22(20)36-14-21(34-35-36)17-3-5-19(6-4-17)29-13-23(26)27/h7-8,10-12,14-15,17,19,23,29H,3-6,13H2,1-2H3,(H,30,33). The summed E-state index contributed by atoms with van der Waals surface area (Å²) in [5, 5.41) is 29.5. The van der Waals surface area contributed by atoms with Gasteiger partial charge in [-0.15, -0.1) is 5.10 Å². The quantitative estimate of drug-likeness (QED) is 0.368. The molecule has 4 aromatic heterocycles. The molecule has 0 atom stereocenters. The zero-order valence-corrected chi connectivity index (χ0v) is 20.6. The van der Waals surface area contributed by atoms with Gasteiger partial charge in [-0.2, -0.15) is 15.0 Å². The topological polar surface area (TPSA) is 122 Å². The first kappa shape index (κ1) is 24.7. The van der Waals surface area contributed by atoms with Crippen molar-refractivity contribution >= 4 is 16.7 Å². The molecule has 1 aliphatic rings. The minimum absolute atomic E-state index is 0.123. The second kappa shape index (κ2) is 10.6. The lowest BCUT2D eigenvalue weighted by atomic mass is 9.84. The first-order valence-corrected chi connectivity index (χ1v) is 12.4. The number of hydrogen-bond acceptors (Lipinski definition) is 8. The lowest BCUT2D eigenvalue weighted by Crippen LogP contribution is -2.35. The molecule has 0 aliphatic heterocycles. The molecule has 0 unspecified atom stereocenters. The normalized spacial score (nSPS) is 18.0. The molecule has 2 N–H and O–H groups in total. The van der Waals surface area contributed by atoms with Crippen LogP contribution in [0.5, 0.6) is 0 Å². The molecule has 37 heavy (non-hydrogen) atoms. The summed E-state index contributed by atoms with van der Waals surface area (Å²) in [5.41, 5.74) is 3.53. The van der Waals surface area contributed by atoms with Crippen LogP contribution >= 0.6 is 0 Å². The van der Waals surface area contributed by atoms with Crippen LogP contribution in [0.25, 0.3) is 22.5 Å². The third-order valence-corrected chi connectivity index (χ3v) is 6.53. The van der Waals surface area contributed by atoms with Crippen molar-refractivity contribution in [2.24, 2.45) is 0 Å². The number of rotatable bonds is 8. The first-order chi connectivity index (χ1) is 17.9. The molecule has 12 heteroatoms. The lowest BCUT2D eigenvalue weighted by Gasteiger charge is -2.28. The number of nitrogens with one attached hydrogen (secondary N) is 2.